The highest BCUT2D eigenvalue weighted by atomic mass is 32.1. The van der Waals surface area contributed by atoms with Gasteiger partial charge in [-0.15, -0.1) is 0 Å². The van der Waals surface area contributed by atoms with Crippen LogP contribution in [0.15, 0.2) is 0 Å². The van der Waals surface area contributed by atoms with Gasteiger partial charge in [-0.3, -0.25) is 0 Å². The topological polar surface area (TPSA) is 24.1 Å². The first kappa shape index (κ1) is 14.7. The second kappa shape index (κ2) is 8.73. The van der Waals surface area contributed by atoms with Crippen LogP contribution in [0.3, 0.4) is 0 Å². The van der Waals surface area contributed by atoms with Crippen molar-refractivity contribution < 1.29 is 0 Å². The van der Waals surface area contributed by atoms with Gasteiger partial charge in [0.2, 0.25) is 0 Å². The molecule has 17 heavy (non-hydrogen) atoms. The van der Waals surface area contributed by atoms with E-state index in [1.807, 2.05) is 0 Å². The van der Waals surface area contributed by atoms with Crippen molar-refractivity contribution in [2.24, 2.45) is 5.92 Å². The molecule has 0 aliphatic heterocycles. The molecule has 3 heteroatoms. The Morgan fingerprint density at radius 1 is 1.12 bits per heavy atom. The number of rotatable bonds is 6. The quantitative estimate of drug-likeness (QED) is 0.561. The van der Waals surface area contributed by atoms with Crippen molar-refractivity contribution in [2.45, 2.75) is 71.3 Å². The van der Waals surface area contributed by atoms with Gasteiger partial charge in [-0.2, -0.15) is 0 Å². The van der Waals surface area contributed by atoms with E-state index in [1.54, 1.807) is 0 Å². The van der Waals surface area contributed by atoms with Crippen LogP contribution in [0.25, 0.3) is 0 Å². The van der Waals surface area contributed by atoms with E-state index in [1.165, 1.54) is 51.4 Å². The lowest BCUT2D eigenvalue weighted by atomic mass is 9.83. The van der Waals surface area contributed by atoms with Gasteiger partial charge in [0.05, 0.1) is 0 Å². The minimum atomic E-state index is 0.615. The average molecular weight is 256 g/mol. The van der Waals surface area contributed by atoms with Gasteiger partial charge in [0.15, 0.2) is 5.11 Å². The molecule has 100 valence electrons. The summed E-state index contributed by atoms with van der Waals surface area (Å²) in [6, 6.07) is 0.615. The van der Waals surface area contributed by atoms with Crippen LogP contribution < -0.4 is 10.6 Å². The molecule has 0 saturated heterocycles. The molecular weight excluding hydrogens is 228 g/mol. The molecule has 0 radical (unpaired) electrons. The highest BCUT2D eigenvalue weighted by Gasteiger charge is 2.20. The first-order chi connectivity index (χ1) is 8.26. The van der Waals surface area contributed by atoms with Crippen LogP contribution in [0, 0.1) is 5.92 Å². The zero-order valence-corrected chi connectivity index (χ0v) is 12.2. The van der Waals surface area contributed by atoms with E-state index in [-0.39, 0.29) is 0 Å². The fourth-order valence-corrected chi connectivity index (χ4v) is 2.89. The summed E-state index contributed by atoms with van der Waals surface area (Å²) >= 11 is 5.31. The zero-order valence-electron chi connectivity index (χ0n) is 11.4. The highest BCUT2D eigenvalue weighted by molar-refractivity contribution is 7.80. The fourth-order valence-electron chi connectivity index (χ4n) is 2.62. The molecule has 2 nitrogen and oxygen atoms in total. The summed E-state index contributed by atoms with van der Waals surface area (Å²) in [4.78, 5) is 0. The van der Waals surface area contributed by atoms with Crippen LogP contribution in [0.2, 0.25) is 0 Å². The third kappa shape index (κ3) is 6.25. The third-order valence-corrected chi connectivity index (χ3v) is 3.96. The van der Waals surface area contributed by atoms with Crippen molar-refractivity contribution in [3.8, 4) is 0 Å². The van der Waals surface area contributed by atoms with Crippen molar-refractivity contribution in [1.29, 1.82) is 0 Å². The lowest BCUT2D eigenvalue weighted by molar-refractivity contribution is 0.295. The molecule has 1 aliphatic carbocycles. The van der Waals surface area contributed by atoms with Crippen LogP contribution in [0.4, 0.5) is 0 Å². The first-order valence-corrected chi connectivity index (χ1v) is 7.71. The Bertz CT molecular complexity index is 210. The number of thiocarbonyl (C=S) groups is 1. The summed E-state index contributed by atoms with van der Waals surface area (Å²) < 4.78 is 0. The standard InChI is InChI=1S/C14H28N2S/c1-3-5-11-15-14(17)16-13-9-7-12(6-4-2)8-10-13/h12-13H,3-11H2,1-2H3,(H2,15,16,17). The Morgan fingerprint density at radius 2 is 1.82 bits per heavy atom. The highest BCUT2D eigenvalue weighted by Crippen LogP contribution is 2.27. The van der Waals surface area contributed by atoms with E-state index >= 15 is 0 Å². The van der Waals surface area contributed by atoms with Crippen molar-refractivity contribution >= 4 is 17.3 Å². The summed E-state index contributed by atoms with van der Waals surface area (Å²) in [7, 11) is 0. The van der Waals surface area contributed by atoms with Gasteiger partial charge in [-0.05, 0) is 50.2 Å². The lowest BCUT2D eigenvalue weighted by Crippen LogP contribution is -2.43. The van der Waals surface area contributed by atoms with Crippen LogP contribution in [0.1, 0.15) is 65.2 Å². The molecule has 0 spiro atoms. The maximum Gasteiger partial charge on any atom is 0.166 e. The molecule has 1 saturated carbocycles. The SMILES string of the molecule is CCCCNC(=S)NC1CCC(CCC)CC1. The largest absolute Gasteiger partial charge is 0.363 e. The smallest absolute Gasteiger partial charge is 0.166 e. The number of hydrogen-bond donors (Lipinski definition) is 2. The van der Waals surface area contributed by atoms with E-state index in [2.05, 4.69) is 24.5 Å². The molecule has 1 aliphatic rings. The Hall–Kier alpha value is -0.310. The van der Waals surface area contributed by atoms with Crippen molar-refractivity contribution in [1.82, 2.24) is 10.6 Å². The summed E-state index contributed by atoms with van der Waals surface area (Å²) in [5.74, 6) is 0.972. The molecule has 0 unspecified atom stereocenters. The van der Waals surface area contributed by atoms with E-state index in [0.29, 0.717) is 6.04 Å². The van der Waals surface area contributed by atoms with Crippen molar-refractivity contribution in [2.75, 3.05) is 6.54 Å². The molecule has 0 aromatic rings. The number of hydrogen-bond acceptors (Lipinski definition) is 1. The Morgan fingerprint density at radius 3 is 2.41 bits per heavy atom. The van der Waals surface area contributed by atoms with Crippen molar-refractivity contribution in [3.63, 3.8) is 0 Å². The lowest BCUT2D eigenvalue weighted by Gasteiger charge is -2.29. The van der Waals surface area contributed by atoms with Gasteiger partial charge in [0.1, 0.15) is 0 Å². The van der Waals surface area contributed by atoms with Crippen molar-refractivity contribution in [3.05, 3.63) is 0 Å². The minimum Gasteiger partial charge on any atom is -0.363 e. The van der Waals surface area contributed by atoms with Crippen LogP contribution in [-0.2, 0) is 0 Å². The normalized spacial score (nSPS) is 24.4. The average Bonchev–Trinajstić information content (AvgIpc) is 2.32. The Kier molecular flexibility index (Phi) is 7.58. The molecule has 1 fully saturated rings. The van der Waals surface area contributed by atoms with E-state index in [4.69, 9.17) is 12.2 Å². The van der Waals surface area contributed by atoms with Gasteiger partial charge in [-0.25, -0.2) is 0 Å². The van der Waals surface area contributed by atoms with E-state index < -0.39 is 0 Å². The van der Waals surface area contributed by atoms with Gasteiger partial charge < -0.3 is 10.6 Å². The fraction of sp³-hybridized carbons (Fsp3) is 0.929. The summed E-state index contributed by atoms with van der Waals surface area (Å²) in [5, 5.41) is 7.61. The molecule has 2 N–H and O–H groups in total. The summed E-state index contributed by atoms with van der Waals surface area (Å²) in [6.45, 7) is 5.50. The summed E-state index contributed by atoms with van der Waals surface area (Å²) in [5.41, 5.74) is 0. The maximum absolute atomic E-state index is 5.31. The molecule has 0 heterocycles. The molecule has 0 aromatic heterocycles. The van der Waals surface area contributed by atoms with Crippen LogP contribution in [0.5, 0.6) is 0 Å². The molecular formula is C14H28N2S. The van der Waals surface area contributed by atoms with Crippen LogP contribution >= 0.6 is 12.2 Å². The number of nitrogens with one attached hydrogen (secondary N) is 2. The third-order valence-electron chi connectivity index (χ3n) is 3.69. The van der Waals surface area contributed by atoms with E-state index in [0.717, 1.165) is 17.6 Å². The van der Waals surface area contributed by atoms with Crippen LogP contribution in [-0.4, -0.2) is 17.7 Å². The van der Waals surface area contributed by atoms with Gasteiger partial charge >= 0.3 is 0 Å². The van der Waals surface area contributed by atoms with E-state index in [9.17, 15) is 0 Å². The zero-order chi connectivity index (χ0) is 12.5. The maximum atomic E-state index is 5.31. The predicted molar refractivity (Wildman–Crippen MR) is 79.3 cm³/mol. The molecule has 0 bridgehead atoms. The van der Waals surface area contributed by atoms with Gasteiger partial charge in [-0.1, -0.05) is 33.1 Å². The summed E-state index contributed by atoms with van der Waals surface area (Å²) in [6.07, 6.45) is 10.5. The minimum absolute atomic E-state index is 0.615. The van der Waals surface area contributed by atoms with Gasteiger partial charge in [0.25, 0.3) is 0 Å². The Labute approximate surface area is 112 Å². The molecule has 0 aromatic carbocycles. The predicted octanol–water partition coefficient (Wildman–Crippen LogP) is 3.61. The first-order valence-electron chi connectivity index (χ1n) is 7.30. The molecule has 1 rings (SSSR count). The van der Waals surface area contributed by atoms with Gasteiger partial charge in [0, 0.05) is 12.6 Å². The molecule has 0 amide bonds. The Balaban J connectivity index is 2.10. The number of unbranched alkanes of at least 4 members (excludes halogenated alkanes) is 1. The second-order valence-corrected chi connectivity index (χ2v) is 5.67. The molecule has 0 atom stereocenters. The monoisotopic (exact) mass is 256 g/mol. The second-order valence-electron chi connectivity index (χ2n) is 5.26.